The molecule has 2 aromatic heterocycles. The van der Waals surface area contributed by atoms with Gasteiger partial charge in [-0.05, 0) is 69.9 Å². The van der Waals surface area contributed by atoms with Gasteiger partial charge in [0.1, 0.15) is 5.82 Å². The predicted molar refractivity (Wildman–Crippen MR) is 148 cm³/mol. The van der Waals surface area contributed by atoms with Crippen molar-refractivity contribution >= 4 is 11.9 Å². The van der Waals surface area contributed by atoms with Crippen molar-refractivity contribution in [2.45, 2.75) is 123 Å². The minimum Gasteiger partial charge on any atom is -0.481 e. The van der Waals surface area contributed by atoms with Gasteiger partial charge in [-0.2, -0.15) is 0 Å². The molecule has 1 amide bonds. The number of hydrogen-bond donors (Lipinski definition) is 2. The first-order chi connectivity index (χ1) is 17.9. The molecule has 7 nitrogen and oxygen atoms in total. The molecule has 0 aromatic carbocycles. The van der Waals surface area contributed by atoms with Crippen LogP contribution in [0.3, 0.4) is 0 Å². The Labute approximate surface area is 226 Å². The molecule has 7 heteroatoms. The van der Waals surface area contributed by atoms with E-state index in [0.717, 1.165) is 53.5 Å². The fraction of sp³-hybridized carbons (Fsp3) is 0.677. The molecule has 0 atom stereocenters. The van der Waals surface area contributed by atoms with Crippen LogP contribution in [0.25, 0.3) is 11.4 Å². The van der Waals surface area contributed by atoms with Gasteiger partial charge in [0.15, 0.2) is 0 Å². The molecule has 0 spiro atoms. The number of aromatic nitrogens is 3. The summed E-state index contributed by atoms with van der Waals surface area (Å²) in [6.45, 7) is 13.9. The molecule has 0 unspecified atom stereocenters. The van der Waals surface area contributed by atoms with Crippen LogP contribution in [0.15, 0.2) is 6.07 Å². The molecule has 3 aliphatic rings. The molecule has 3 fully saturated rings. The van der Waals surface area contributed by atoms with E-state index in [4.69, 9.17) is 9.97 Å². The smallest absolute Gasteiger partial charge is 0.306 e. The fourth-order valence-electron chi connectivity index (χ4n) is 6.31. The normalized spacial score (nSPS) is 23.1. The van der Waals surface area contributed by atoms with Crippen molar-refractivity contribution in [1.29, 1.82) is 0 Å². The van der Waals surface area contributed by atoms with Crippen molar-refractivity contribution < 1.29 is 14.7 Å². The van der Waals surface area contributed by atoms with Crippen molar-refractivity contribution in [3.8, 4) is 11.4 Å². The summed E-state index contributed by atoms with van der Waals surface area (Å²) >= 11 is 0. The van der Waals surface area contributed by atoms with Crippen LogP contribution in [0.4, 0.5) is 0 Å². The van der Waals surface area contributed by atoms with Gasteiger partial charge in [0.25, 0.3) is 5.91 Å². The average Bonchev–Trinajstić information content (AvgIpc) is 3.50. The van der Waals surface area contributed by atoms with Crippen molar-refractivity contribution in [2.24, 2.45) is 11.8 Å². The molecule has 2 aromatic rings. The summed E-state index contributed by atoms with van der Waals surface area (Å²) in [5.41, 5.74) is 5.66. The molecule has 2 N–H and O–H groups in total. The zero-order valence-electron chi connectivity index (χ0n) is 24.0. The summed E-state index contributed by atoms with van der Waals surface area (Å²) in [6.07, 6.45) is 9.48. The van der Waals surface area contributed by atoms with E-state index in [1.807, 2.05) is 13.0 Å². The third-order valence-corrected chi connectivity index (χ3v) is 9.24. The maximum absolute atomic E-state index is 13.5. The number of hydrogen-bond acceptors (Lipinski definition) is 4. The Morgan fingerprint density at radius 1 is 1.11 bits per heavy atom. The van der Waals surface area contributed by atoms with Gasteiger partial charge in [0.05, 0.1) is 28.6 Å². The minimum absolute atomic E-state index is 0.0311. The van der Waals surface area contributed by atoms with Crippen LogP contribution in [0.5, 0.6) is 0 Å². The van der Waals surface area contributed by atoms with E-state index >= 15 is 0 Å². The zero-order chi connectivity index (χ0) is 27.4. The lowest BCUT2D eigenvalue weighted by molar-refractivity contribution is -0.145. The Bertz CT molecular complexity index is 1240. The topological polar surface area (TPSA) is 97.1 Å². The van der Waals surface area contributed by atoms with Gasteiger partial charge in [-0.3, -0.25) is 9.59 Å². The second-order valence-corrected chi connectivity index (χ2v) is 13.5. The van der Waals surface area contributed by atoms with Gasteiger partial charge in [-0.1, -0.05) is 47.0 Å². The monoisotopic (exact) mass is 520 g/mol. The molecule has 2 heterocycles. The Morgan fingerprint density at radius 3 is 2.34 bits per heavy atom. The van der Waals surface area contributed by atoms with Gasteiger partial charge in [-0.15, -0.1) is 0 Å². The predicted octanol–water partition coefficient (Wildman–Crippen LogP) is 6.08. The number of nitrogens with one attached hydrogen (secondary N) is 1. The molecule has 0 saturated heterocycles. The van der Waals surface area contributed by atoms with Crippen LogP contribution in [-0.2, 0) is 22.2 Å². The first-order valence-electron chi connectivity index (χ1n) is 14.5. The van der Waals surface area contributed by atoms with Gasteiger partial charge in [-0.25, -0.2) is 9.97 Å². The number of aliphatic carboxylic acids is 1. The number of nitrogens with zero attached hydrogens (tertiary/aromatic N) is 3. The van der Waals surface area contributed by atoms with Crippen molar-refractivity contribution in [2.75, 3.05) is 0 Å². The number of rotatable bonds is 7. The van der Waals surface area contributed by atoms with Crippen LogP contribution in [-0.4, -0.2) is 37.6 Å². The summed E-state index contributed by atoms with van der Waals surface area (Å²) < 4.78 is 2.34. The summed E-state index contributed by atoms with van der Waals surface area (Å²) in [7, 11) is 0. The number of carbonyl (C=O) groups is 2. The van der Waals surface area contributed by atoms with Gasteiger partial charge in [0, 0.05) is 29.1 Å². The third-order valence-electron chi connectivity index (χ3n) is 9.24. The van der Waals surface area contributed by atoms with Gasteiger partial charge in [0.2, 0.25) is 0 Å². The second-order valence-electron chi connectivity index (χ2n) is 13.5. The number of carbonyl (C=O) groups excluding carboxylic acids is 1. The Kier molecular flexibility index (Phi) is 6.93. The fourth-order valence-corrected chi connectivity index (χ4v) is 6.31. The van der Waals surface area contributed by atoms with Crippen molar-refractivity contribution in [1.82, 2.24) is 19.9 Å². The maximum Gasteiger partial charge on any atom is 0.306 e. The quantitative estimate of drug-likeness (QED) is 0.461. The zero-order valence-corrected chi connectivity index (χ0v) is 24.0. The number of carboxylic acid groups (broad SMARTS) is 1. The molecule has 38 heavy (non-hydrogen) atoms. The van der Waals surface area contributed by atoms with Crippen molar-refractivity contribution in [3.05, 3.63) is 34.4 Å². The lowest BCUT2D eigenvalue weighted by atomic mass is 9.80. The van der Waals surface area contributed by atoms with Crippen molar-refractivity contribution in [3.63, 3.8) is 0 Å². The largest absolute Gasteiger partial charge is 0.481 e. The molecular formula is C31H44N4O3. The van der Waals surface area contributed by atoms with E-state index in [9.17, 15) is 14.7 Å². The first-order valence-corrected chi connectivity index (χ1v) is 14.5. The molecular weight excluding hydrogens is 476 g/mol. The Hall–Kier alpha value is -2.70. The number of amides is 1. The minimum atomic E-state index is -0.776. The summed E-state index contributed by atoms with van der Waals surface area (Å²) in [6, 6.07) is 1.95. The molecule has 5 rings (SSSR count). The van der Waals surface area contributed by atoms with Crippen LogP contribution in [0, 0.1) is 25.7 Å². The van der Waals surface area contributed by atoms with Crippen LogP contribution >= 0.6 is 0 Å². The van der Waals surface area contributed by atoms with Crippen LogP contribution in [0.2, 0.25) is 0 Å². The van der Waals surface area contributed by atoms with Crippen LogP contribution in [0.1, 0.15) is 119 Å². The average molecular weight is 521 g/mol. The van der Waals surface area contributed by atoms with Crippen LogP contribution < -0.4 is 5.32 Å². The van der Waals surface area contributed by atoms with Gasteiger partial charge < -0.3 is 15.0 Å². The molecule has 0 bridgehead atoms. The summed E-state index contributed by atoms with van der Waals surface area (Å²) in [5, 5.41) is 12.3. The van der Waals surface area contributed by atoms with E-state index in [1.165, 1.54) is 32.1 Å². The highest BCUT2D eigenvalue weighted by atomic mass is 16.4. The maximum atomic E-state index is 13.5. The summed E-state index contributed by atoms with van der Waals surface area (Å²) in [4.78, 5) is 35.0. The second kappa shape index (κ2) is 9.80. The standard InChI is InChI=1S/C31H44N4O3/c1-18-25(33-29(31(6)12-13-31)34-26(18)30(3,4)5)24-16-23(27(36)32-22-14-21(15-22)28(37)38)19(2)35(24)17-20-10-8-7-9-11-20/h16,20-22H,7-15,17H2,1-6H3,(H,32,36)(H,37,38). The summed E-state index contributed by atoms with van der Waals surface area (Å²) in [5.74, 6) is 0.275. The van der Waals surface area contributed by atoms with E-state index in [-0.39, 0.29) is 28.7 Å². The highest BCUT2D eigenvalue weighted by Crippen LogP contribution is 2.47. The first kappa shape index (κ1) is 26.9. The van der Waals surface area contributed by atoms with E-state index in [1.54, 1.807) is 0 Å². The molecule has 0 aliphatic heterocycles. The highest BCUT2D eigenvalue weighted by Gasteiger charge is 2.43. The highest BCUT2D eigenvalue weighted by molar-refractivity contribution is 5.97. The molecule has 3 saturated carbocycles. The van der Waals surface area contributed by atoms with Gasteiger partial charge >= 0.3 is 5.97 Å². The Balaban J connectivity index is 1.57. The van der Waals surface area contributed by atoms with E-state index < -0.39 is 5.97 Å². The number of carboxylic acids is 1. The molecule has 206 valence electrons. The SMILES string of the molecule is Cc1c(-c2cc(C(=O)NC3CC(C(=O)O)C3)c(C)n2CC2CCCCC2)nc(C2(C)CC2)nc1C(C)(C)C. The molecule has 0 radical (unpaired) electrons. The van der Waals surface area contributed by atoms with E-state index in [2.05, 4.69) is 44.5 Å². The third kappa shape index (κ3) is 5.13. The lowest BCUT2D eigenvalue weighted by Gasteiger charge is -2.32. The van der Waals surface area contributed by atoms with E-state index in [0.29, 0.717) is 24.3 Å². The Morgan fingerprint density at radius 2 is 1.76 bits per heavy atom. The molecule has 3 aliphatic carbocycles. The lowest BCUT2D eigenvalue weighted by Crippen LogP contribution is -2.46.